The first-order chi connectivity index (χ1) is 14.7. The Labute approximate surface area is 180 Å². The molecule has 0 saturated heterocycles. The minimum absolute atomic E-state index is 0.186. The molecular weight excluding hydrogens is 392 g/mol. The molecule has 0 fully saturated rings. The van der Waals surface area contributed by atoms with Crippen LogP contribution in [-0.2, 0) is 0 Å². The van der Waals surface area contributed by atoms with Crippen molar-refractivity contribution in [3.05, 3.63) is 125 Å². The van der Waals surface area contributed by atoms with Crippen LogP contribution in [-0.4, -0.2) is 10.9 Å². The quantitative estimate of drug-likeness (QED) is 0.383. The second-order valence-electron chi connectivity index (χ2n) is 6.50. The zero-order valence-electron chi connectivity index (χ0n) is 16.0. The van der Waals surface area contributed by atoms with E-state index in [1.807, 2.05) is 66.7 Å². The molecule has 0 radical (unpaired) electrons. The normalized spacial score (nSPS) is 10.0. The topological polar surface area (TPSA) is 33.2 Å². The Morgan fingerprint density at radius 2 is 1.50 bits per heavy atom. The van der Waals surface area contributed by atoms with Crippen LogP contribution in [0.3, 0.4) is 0 Å². The van der Waals surface area contributed by atoms with E-state index in [0.29, 0.717) is 21.8 Å². The maximum absolute atomic E-state index is 13.5. The summed E-state index contributed by atoms with van der Waals surface area (Å²) >= 11 is 6.34. The maximum atomic E-state index is 13.5. The van der Waals surface area contributed by atoms with Gasteiger partial charge >= 0.3 is 0 Å². The lowest BCUT2D eigenvalue weighted by molar-refractivity contribution is 0.0999. The summed E-state index contributed by atoms with van der Waals surface area (Å²) in [6.07, 6.45) is 3.34. The van der Waals surface area contributed by atoms with Crippen LogP contribution in [0.25, 0.3) is 0 Å². The number of nitrogens with zero attached hydrogens (tertiary/aromatic N) is 2. The first kappa shape index (κ1) is 19.4. The zero-order valence-corrected chi connectivity index (χ0v) is 16.8. The van der Waals surface area contributed by atoms with Crippen molar-refractivity contribution in [3.8, 4) is 11.8 Å². The van der Waals surface area contributed by atoms with E-state index in [0.717, 1.165) is 11.3 Å². The molecule has 0 bridgehead atoms. The van der Waals surface area contributed by atoms with E-state index in [4.69, 9.17) is 11.6 Å². The number of halogens is 1. The van der Waals surface area contributed by atoms with Gasteiger partial charge in [-0.1, -0.05) is 59.8 Å². The lowest BCUT2D eigenvalue weighted by Gasteiger charge is -2.23. The smallest absolute Gasteiger partial charge is 0.262 e. The standard InChI is InChI=1S/C26H17ClN2O/c27-25-16-15-22(18-21(25)14-13-20-8-3-1-4-9-20)26(30)29(23-10-5-2-6-11-23)24-12-7-17-28-19-24/h1-12,15-19H. The predicted octanol–water partition coefficient (Wildman–Crippen LogP) is 6.11. The number of rotatable bonds is 3. The molecule has 4 rings (SSSR count). The summed E-state index contributed by atoms with van der Waals surface area (Å²) in [6, 6.07) is 27.9. The molecule has 1 amide bonds. The number of carbonyl (C=O) groups is 1. The van der Waals surface area contributed by atoms with Gasteiger partial charge in [0.2, 0.25) is 0 Å². The minimum Gasteiger partial charge on any atom is -0.275 e. The molecule has 3 nitrogen and oxygen atoms in total. The number of hydrogen-bond donors (Lipinski definition) is 0. The van der Waals surface area contributed by atoms with Crippen molar-refractivity contribution < 1.29 is 4.79 Å². The van der Waals surface area contributed by atoms with E-state index in [1.165, 1.54) is 0 Å². The summed E-state index contributed by atoms with van der Waals surface area (Å²) in [7, 11) is 0. The van der Waals surface area contributed by atoms with Crippen molar-refractivity contribution in [2.75, 3.05) is 4.90 Å². The summed E-state index contributed by atoms with van der Waals surface area (Å²) in [5.41, 5.74) is 3.41. The van der Waals surface area contributed by atoms with Gasteiger partial charge in [0.1, 0.15) is 0 Å². The Morgan fingerprint density at radius 3 is 2.20 bits per heavy atom. The van der Waals surface area contributed by atoms with Crippen LogP contribution in [0.2, 0.25) is 5.02 Å². The van der Waals surface area contributed by atoms with Crippen LogP contribution in [0.1, 0.15) is 21.5 Å². The second-order valence-corrected chi connectivity index (χ2v) is 6.91. The molecule has 144 valence electrons. The number of benzene rings is 3. The van der Waals surface area contributed by atoms with E-state index in [2.05, 4.69) is 16.8 Å². The highest BCUT2D eigenvalue weighted by molar-refractivity contribution is 6.32. The third kappa shape index (κ3) is 4.41. The van der Waals surface area contributed by atoms with Crippen molar-refractivity contribution in [1.29, 1.82) is 0 Å². The average molecular weight is 409 g/mol. The molecule has 4 heteroatoms. The van der Waals surface area contributed by atoms with Gasteiger partial charge in [-0.15, -0.1) is 0 Å². The van der Waals surface area contributed by atoms with Crippen LogP contribution in [0.4, 0.5) is 11.4 Å². The molecule has 0 N–H and O–H groups in total. The van der Waals surface area contributed by atoms with Crippen LogP contribution < -0.4 is 4.90 Å². The molecular formula is C26H17ClN2O. The maximum Gasteiger partial charge on any atom is 0.262 e. The predicted molar refractivity (Wildman–Crippen MR) is 121 cm³/mol. The number of hydrogen-bond acceptors (Lipinski definition) is 2. The molecule has 30 heavy (non-hydrogen) atoms. The largest absolute Gasteiger partial charge is 0.275 e. The summed E-state index contributed by atoms with van der Waals surface area (Å²) in [4.78, 5) is 19.3. The van der Waals surface area contributed by atoms with Gasteiger partial charge in [0, 0.05) is 28.6 Å². The van der Waals surface area contributed by atoms with Crippen molar-refractivity contribution in [1.82, 2.24) is 4.98 Å². The Hall–Kier alpha value is -3.87. The number of aromatic nitrogens is 1. The Kier molecular flexibility index (Phi) is 5.89. The van der Waals surface area contributed by atoms with Crippen LogP contribution in [0.15, 0.2) is 103 Å². The first-order valence-electron chi connectivity index (χ1n) is 9.38. The number of carbonyl (C=O) groups excluding carboxylic acids is 1. The Morgan fingerprint density at radius 1 is 0.800 bits per heavy atom. The zero-order chi connectivity index (χ0) is 20.8. The van der Waals surface area contributed by atoms with E-state index < -0.39 is 0 Å². The molecule has 0 spiro atoms. The van der Waals surface area contributed by atoms with Gasteiger partial charge in [-0.25, -0.2) is 0 Å². The summed E-state index contributed by atoms with van der Waals surface area (Å²) in [6.45, 7) is 0. The van der Waals surface area contributed by atoms with Gasteiger partial charge in [0.25, 0.3) is 5.91 Å². The molecule has 0 aliphatic rings. The first-order valence-corrected chi connectivity index (χ1v) is 9.76. The van der Waals surface area contributed by atoms with Gasteiger partial charge in [-0.05, 0) is 54.6 Å². The van der Waals surface area contributed by atoms with Crippen molar-refractivity contribution in [3.63, 3.8) is 0 Å². The molecule has 1 aromatic heterocycles. The van der Waals surface area contributed by atoms with Crippen LogP contribution in [0.5, 0.6) is 0 Å². The monoisotopic (exact) mass is 408 g/mol. The number of anilines is 2. The van der Waals surface area contributed by atoms with Crippen molar-refractivity contribution >= 4 is 28.9 Å². The lowest BCUT2D eigenvalue weighted by Crippen LogP contribution is -2.26. The second kappa shape index (κ2) is 9.09. The highest BCUT2D eigenvalue weighted by Crippen LogP contribution is 2.27. The van der Waals surface area contributed by atoms with Crippen LogP contribution >= 0.6 is 11.6 Å². The summed E-state index contributed by atoms with van der Waals surface area (Å²) < 4.78 is 0. The highest BCUT2D eigenvalue weighted by Gasteiger charge is 2.20. The lowest BCUT2D eigenvalue weighted by atomic mass is 10.1. The van der Waals surface area contributed by atoms with Crippen molar-refractivity contribution in [2.45, 2.75) is 0 Å². The van der Waals surface area contributed by atoms with E-state index in [1.54, 1.807) is 41.6 Å². The molecule has 0 unspecified atom stereocenters. The van der Waals surface area contributed by atoms with E-state index in [-0.39, 0.29) is 5.91 Å². The number of pyridine rings is 1. The van der Waals surface area contributed by atoms with Gasteiger partial charge < -0.3 is 0 Å². The summed E-state index contributed by atoms with van der Waals surface area (Å²) in [5.74, 6) is 5.98. The van der Waals surface area contributed by atoms with Gasteiger partial charge in [0.05, 0.1) is 16.9 Å². The van der Waals surface area contributed by atoms with Gasteiger partial charge in [0.15, 0.2) is 0 Å². The number of amides is 1. The number of para-hydroxylation sites is 1. The molecule has 0 atom stereocenters. The minimum atomic E-state index is -0.186. The fraction of sp³-hybridized carbons (Fsp3) is 0. The molecule has 0 aliphatic carbocycles. The van der Waals surface area contributed by atoms with Gasteiger partial charge in [-0.3, -0.25) is 14.7 Å². The van der Waals surface area contributed by atoms with Crippen LogP contribution in [0, 0.1) is 11.8 Å². The summed E-state index contributed by atoms with van der Waals surface area (Å²) in [5, 5.41) is 0.502. The van der Waals surface area contributed by atoms with Crippen molar-refractivity contribution in [2.24, 2.45) is 0 Å². The molecule has 4 aromatic rings. The molecule has 1 heterocycles. The Balaban J connectivity index is 1.73. The fourth-order valence-corrected chi connectivity index (χ4v) is 3.16. The Bertz CT molecular complexity index is 1170. The molecule has 3 aromatic carbocycles. The average Bonchev–Trinajstić information content (AvgIpc) is 2.81. The van der Waals surface area contributed by atoms with Gasteiger partial charge in [-0.2, -0.15) is 0 Å². The van der Waals surface area contributed by atoms with E-state index in [9.17, 15) is 4.79 Å². The van der Waals surface area contributed by atoms with E-state index >= 15 is 0 Å². The molecule has 0 aliphatic heterocycles. The third-order valence-corrected chi connectivity index (χ3v) is 4.78. The fourth-order valence-electron chi connectivity index (χ4n) is 2.99. The highest BCUT2D eigenvalue weighted by atomic mass is 35.5. The molecule has 0 saturated carbocycles. The third-order valence-electron chi connectivity index (χ3n) is 4.45. The SMILES string of the molecule is O=C(c1ccc(Cl)c(C#Cc2ccccc2)c1)N(c1ccccc1)c1cccnc1.